The molecule has 1 N–H and O–H groups in total. The highest BCUT2D eigenvalue weighted by Gasteiger charge is 2.21. The molecule has 1 heterocycles. The fourth-order valence-electron chi connectivity index (χ4n) is 2.80. The number of carbonyl (C=O) groups is 1. The van der Waals surface area contributed by atoms with E-state index in [2.05, 4.69) is 16.5 Å². The number of allylic oxidation sites excluding steroid dienone is 1. The Hall–Kier alpha value is -2.10. The number of amides is 1. The molecular formula is C18H25N3O. The van der Waals surface area contributed by atoms with Crippen LogP contribution >= 0.6 is 0 Å². The van der Waals surface area contributed by atoms with Gasteiger partial charge in [0, 0.05) is 12.5 Å². The van der Waals surface area contributed by atoms with Crippen molar-refractivity contribution in [2.75, 3.05) is 0 Å². The van der Waals surface area contributed by atoms with Crippen LogP contribution in [0.25, 0.3) is 11.0 Å². The van der Waals surface area contributed by atoms with E-state index in [4.69, 9.17) is 4.98 Å². The van der Waals surface area contributed by atoms with E-state index in [1.807, 2.05) is 51.1 Å². The van der Waals surface area contributed by atoms with Crippen LogP contribution in [0.3, 0.4) is 0 Å². The molecule has 0 saturated heterocycles. The van der Waals surface area contributed by atoms with Crippen LogP contribution in [0.2, 0.25) is 0 Å². The molecule has 118 valence electrons. The number of benzene rings is 1. The Balaban J connectivity index is 2.30. The summed E-state index contributed by atoms with van der Waals surface area (Å²) in [5.74, 6) is 1.05. The molecular weight excluding hydrogens is 274 g/mol. The van der Waals surface area contributed by atoms with Crippen LogP contribution in [-0.2, 0) is 11.3 Å². The van der Waals surface area contributed by atoms with Gasteiger partial charge in [-0.15, -0.1) is 6.58 Å². The van der Waals surface area contributed by atoms with Gasteiger partial charge in [-0.1, -0.05) is 32.1 Å². The van der Waals surface area contributed by atoms with Gasteiger partial charge in [0.15, 0.2) is 0 Å². The zero-order valence-corrected chi connectivity index (χ0v) is 13.7. The molecule has 1 unspecified atom stereocenters. The monoisotopic (exact) mass is 299 g/mol. The van der Waals surface area contributed by atoms with Gasteiger partial charge in [-0.2, -0.15) is 0 Å². The van der Waals surface area contributed by atoms with Crippen LogP contribution in [-0.4, -0.2) is 15.5 Å². The lowest BCUT2D eigenvalue weighted by molar-refractivity contribution is -0.125. The molecule has 22 heavy (non-hydrogen) atoms. The molecule has 4 heteroatoms. The van der Waals surface area contributed by atoms with Crippen LogP contribution in [0.15, 0.2) is 36.9 Å². The van der Waals surface area contributed by atoms with Crippen molar-refractivity contribution in [3.8, 4) is 0 Å². The number of imidazole rings is 1. The molecule has 0 spiro atoms. The first-order valence-corrected chi connectivity index (χ1v) is 7.98. The average molecular weight is 299 g/mol. The van der Waals surface area contributed by atoms with Gasteiger partial charge in [-0.05, 0) is 31.9 Å². The van der Waals surface area contributed by atoms with Crippen molar-refractivity contribution in [3.63, 3.8) is 0 Å². The summed E-state index contributed by atoms with van der Waals surface area (Å²) >= 11 is 0. The molecule has 1 amide bonds. The smallest absolute Gasteiger partial charge is 0.223 e. The third-order valence-electron chi connectivity index (χ3n) is 4.10. The van der Waals surface area contributed by atoms with Crippen molar-refractivity contribution in [2.24, 2.45) is 5.92 Å². The van der Waals surface area contributed by atoms with Crippen LogP contribution in [0.1, 0.15) is 45.5 Å². The summed E-state index contributed by atoms with van der Waals surface area (Å²) in [6.07, 6.45) is 3.57. The Morgan fingerprint density at radius 2 is 2.05 bits per heavy atom. The number of fused-ring (bicyclic) bond motifs is 1. The van der Waals surface area contributed by atoms with E-state index in [-0.39, 0.29) is 17.9 Å². The van der Waals surface area contributed by atoms with Crippen molar-refractivity contribution in [1.82, 2.24) is 14.9 Å². The van der Waals surface area contributed by atoms with Gasteiger partial charge in [0.1, 0.15) is 5.82 Å². The van der Waals surface area contributed by atoms with Crippen molar-refractivity contribution >= 4 is 16.9 Å². The first kappa shape index (κ1) is 16.3. The number of carbonyl (C=O) groups excluding carboxylic acids is 1. The van der Waals surface area contributed by atoms with Gasteiger partial charge in [0.05, 0.1) is 17.1 Å². The predicted octanol–water partition coefficient (Wildman–Crippen LogP) is 3.84. The maximum atomic E-state index is 12.3. The summed E-state index contributed by atoms with van der Waals surface area (Å²) in [7, 11) is 0. The lowest BCUT2D eigenvalue weighted by Crippen LogP contribution is -2.33. The summed E-state index contributed by atoms with van der Waals surface area (Å²) in [5.41, 5.74) is 2.02. The van der Waals surface area contributed by atoms with Crippen molar-refractivity contribution in [2.45, 2.75) is 46.2 Å². The first-order chi connectivity index (χ1) is 10.6. The number of nitrogens with zero attached hydrogens (tertiary/aromatic N) is 2. The molecule has 0 saturated carbocycles. The highest BCUT2D eigenvalue weighted by atomic mass is 16.1. The minimum Gasteiger partial charge on any atom is -0.346 e. The van der Waals surface area contributed by atoms with Crippen molar-refractivity contribution in [3.05, 3.63) is 42.7 Å². The molecule has 0 aliphatic heterocycles. The minimum absolute atomic E-state index is 0.0692. The Morgan fingerprint density at radius 1 is 1.36 bits per heavy atom. The van der Waals surface area contributed by atoms with E-state index in [0.29, 0.717) is 6.54 Å². The molecule has 2 aromatic rings. The summed E-state index contributed by atoms with van der Waals surface area (Å²) in [5, 5.41) is 3.10. The van der Waals surface area contributed by atoms with Crippen LogP contribution in [0, 0.1) is 5.92 Å². The second kappa shape index (κ2) is 7.25. The molecule has 2 rings (SSSR count). The highest BCUT2D eigenvalue weighted by molar-refractivity contribution is 5.79. The van der Waals surface area contributed by atoms with Gasteiger partial charge in [0.25, 0.3) is 0 Å². The molecule has 0 radical (unpaired) electrons. The van der Waals surface area contributed by atoms with E-state index in [0.717, 1.165) is 29.7 Å². The maximum Gasteiger partial charge on any atom is 0.223 e. The first-order valence-electron chi connectivity index (χ1n) is 7.98. The number of hydrogen-bond donors (Lipinski definition) is 1. The van der Waals surface area contributed by atoms with E-state index in [9.17, 15) is 4.79 Å². The van der Waals surface area contributed by atoms with Crippen LogP contribution in [0.4, 0.5) is 0 Å². The topological polar surface area (TPSA) is 46.9 Å². The lowest BCUT2D eigenvalue weighted by atomic mass is 10.0. The fraction of sp³-hybridized carbons (Fsp3) is 0.444. The predicted molar refractivity (Wildman–Crippen MR) is 90.6 cm³/mol. The number of para-hydroxylation sites is 2. The molecule has 0 aliphatic rings. The second-order valence-corrected chi connectivity index (χ2v) is 5.60. The van der Waals surface area contributed by atoms with E-state index >= 15 is 0 Å². The average Bonchev–Trinajstić information content (AvgIpc) is 2.88. The van der Waals surface area contributed by atoms with Crippen molar-refractivity contribution < 1.29 is 4.79 Å². The zero-order valence-electron chi connectivity index (χ0n) is 13.7. The number of aromatic nitrogens is 2. The Labute approximate surface area is 132 Å². The maximum absolute atomic E-state index is 12.3. The van der Waals surface area contributed by atoms with Gasteiger partial charge >= 0.3 is 0 Å². The second-order valence-electron chi connectivity index (χ2n) is 5.60. The molecule has 1 aromatic carbocycles. The van der Waals surface area contributed by atoms with Crippen LogP contribution < -0.4 is 5.32 Å². The van der Waals surface area contributed by atoms with Gasteiger partial charge in [0.2, 0.25) is 5.91 Å². The number of hydrogen-bond acceptors (Lipinski definition) is 2. The standard InChI is InChI=1S/C18H25N3O/c1-5-12-21-16-11-9-8-10-15(16)20-17(21)13(4)19-18(22)14(6-2)7-3/h5,8-11,13-14H,1,6-7,12H2,2-4H3,(H,19,22). The highest BCUT2D eigenvalue weighted by Crippen LogP contribution is 2.21. The summed E-state index contributed by atoms with van der Waals surface area (Å²) in [6, 6.07) is 7.89. The van der Waals surface area contributed by atoms with E-state index < -0.39 is 0 Å². The molecule has 0 bridgehead atoms. The zero-order chi connectivity index (χ0) is 16.1. The third kappa shape index (κ3) is 3.21. The van der Waals surface area contributed by atoms with Crippen LogP contribution in [0.5, 0.6) is 0 Å². The largest absolute Gasteiger partial charge is 0.346 e. The van der Waals surface area contributed by atoms with Gasteiger partial charge in [-0.3, -0.25) is 4.79 Å². The normalized spacial score (nSPS) is 12.5. The lowest BCUT2D eigenvalue weighted by Gasteiger charge is -2.19. The Bertz CT molecular complexity index is 655. The molecule has 0 fully saturated rings. The molecule has 1 atom stereocenters. The molecule has 0 aliphatic carbocycles. The fourth-order valence-corrected chi connectivity index (χ4v) is 2.80. The third-order valence-corrected chi connectivity index (χ3v) is 4.10. The van der Waals surface area contributed by atoms with E-state index in [1.165, 1.54) is 0 Å². The SMILES string of the molecule is C=CCn1c(C(C)NC(=O)C(CC)CC)nc2ccccc21. The summed E-state index contributed by atoms with van der Waals surface area (Å²) in [6.45, 7) is 10.6. The van der Waals surface area contributed by atoms with E-state index in [1.54, 1.807) is 0 Å². The van der Waals surface area contributed by atoms with Gasteiger partial charge in [-0.25, -0.2) is 4.98 Å². The van der Waals surface area contributed by atoms with Crippen molar-refractivity contribution in [1.29, 1.82) is 0 Å². The quantitative estimate of drug-likeness (QED) is 0.790. The number of nitrogens with one attached hydrogen (secondary N) is 1. The Kier molecular flexibility index (Phi) is 5.36. The summed E-state index contributed by atoms with van der Waals surface area (Å²) < 4.78 is 2.11. The molecule has 4 nitrogen and oxygen atoms in total. The number of rotatable bonds is 7. The summed E-state index contributed by atoms with van der Waals surface area (Å²) in [4.78, 5) is 17.0. The minimum atomic E-state index is -0.125. The molecule has 1 aromatic heterocycles. The van der Waals surface area contributed by atoms with Gasteiger partial charge < -0.3 is 9.88 Å². The Morgan fingerprint density at radius 3 is 2.68 bits per heavy atom.